The number of ether oxygens (including phenoxy) is 1. The highest BCUT2D eigenvalue weighted by molar-refractivity contribution is 9.10. The molecule has 2 aliphatic heterocycles. The number of likely N-dealkylation sites (tertiary alicyclic amines) is 1. The van der Waals surface area contributed by atoms with E-state index < -0.39 is 0 Å². The number of β-amino-alcohol motifs (C(OH)–C–C–N with tert-alkyl or cyclic N) is 1. The number of hydrogen-bond acceptors (Lipinski definition) is 5. The number of nitrogens with zero attached hydrogens (tertiary/aromatic N) is 4. The number of carbonyl (C=O) groups is 1. The Morgan fingerprint density at radius 1 is 1.39 bits per heavy atom. The maximum Gasteiger partial charge on any atom is 0.254 e. The molecule has 1 N–H and O–H groups in total. The summed E-state index contributed by atoms with van der Waals surface area (Å²) in [7, 11) is 0. The molecule has 1 fully saturated rings. The van der Waals surface area contributed by atoms with Gasteiger partial charge in [-0.15, -0.1) is 0 Å². The van der Waals surface area contributed by atoms with Crippen molar-refractivity contribution < 1.29 is 14.6 Å². The van der Waals surface area contributed by atoms with Crippen molar-refractivity contribution in [1.29, 1.82) is 0 Å². The van der Waals surface area contributed by atoms with Gasteiger partial charge in [0, 0.05) is 41.9 Å². The third-order valence-electron chi connectivity index (χ3n) is 6.77. The van der Waals surface area contributed by atoms with E-state index >= 15 is 0 Å². The molecule has 4 rings (SSSR count). The smallest absolute Gasteiger partial charge is 0.254 e. The van der Waals surface area contributed by atoms with Crippen molar-refractivity contribution in [2.45, 2.75) is 51.8 Å². The van der Waals surface area contributed by atoms with Gasteiger partial charge in [0.05, 0.1) is 31.0 Å². The second-order valence-corrected chi connectivity index (χ2v) is 9.56. The van der Waals surface area contributed by atoms with E-state index in [4.69, 9.17) is 11.3 Å². The predicted molar refractivity (Wildman–Crippen MR) is 130 cm³/mol. The Morgan fingerprint density at radius 2 is 2.18 bits per heavy atom. The second kappa shape index (κ2) is 9.80. The number of pyridine rings is 1. The number of aliphatic hydroxyl groups excluding tert-OH is 1. The highest BCUT2D eigenvalue weighted by Crippen LogP contribution is 2.35. The first-order chi connectivity index (χ1) is 15.8. The van der Waals surface area contributed by atoms with Crippen molar-refractivity contribution in [2.75, 3.05) is 26.2 Å². The molecule has 1 aromatic heterocycles. The lowest BCUT2D eigenvalue weighted by atomic mass is 9.93. The Kier molecular flexibility index (Phi) is 7.03. The van der Waals surface area contributed by atoms with Crippen LogP contribution < -0.4 is 4.74 Å². The molecule has 3 atom stereocenters. The summed E-state index contributed by atoms with van der Waals surface area (Å²) in [6.07, 6.45) is 2.87. The minimum atomic E-state index is -0.240. The SMILES string of the molecule is [C-]#[N+]c1cnc(C(C)N2CCc3c(Br)cc(CCN4C[C@@H](O)[C@H]4C)cc3C2=O)cc1OCC. The van der Waals surface area contributed by atoms with Gasteiger partial charge >= 0.3 is 0 Å². The van der Waals surface area contributed by atoms with Crippen molar-refractivity contribution in [1.82, 2.24) is 14.8 Å². The van der Waals surface area contributed by atoms with Gasteiger partial charge in [-0.2, -0.15) is 0 Å². The molecule has 0 aliphatic carbocycles. The lowest BCUT2D eigenvalue weighted by Crippen LogP contribution is -2.58. The topological polar surface area (TPSA) is 70.3 Å². The van der Waals surface area contributed by atoms with Crippen LogP contribution in [0.5, 0.6) is 5.75 Å². The van der Waals surface area contributed by atoms with Gasteiger partial charge in [-0.05, 0) is 62.9 Å². The molecule has 7 nitrogen and oxygen atoms in total. The number of amides is 1. The van der Waals surface area contributed by atoms with Gasteiger partial charge in [0.1, 0.15) is 5.75 Å². The third-order valence-corrected chi connectivity index (χ3v) is 7.48. The molecule has 3 heterocycles. The van der Waals surface area contributed by atoms with E-state index in [1.54, 1.807) is 6.07 Å². The third kappa shape index (κ3) is 4.63. The van der Waals surface area contributed by atoms with Crippen LogP contribution in [0.15, 0.2) is 28.9 Å². The molecule has 0 bridgehead atoms. The number of aliphatic hydroxyl groups is 1. The first-order valence-corrected chi connectivity index (χ1v) is 12.2. The molecule has 1 aromatic carbocycles. The standard InChI is InChI=1S/C25H29BrN4O3/c1-5-33-24-12-21(28-13-22(24)27-4)15(2)30-9-7-18-19(25(30)32)10-17(11-20(18)26)6-8-29-14-23(31)16(29)3/h10-13,15-16,23,31H,5-9,14H2,1-3H3/t15?,16-,23-/m1/s1. The summed E-state index contributed by atoms with van der Waals surface area (Å²) < 4.78 is 6.59. The van der Waals surface area contributed by atoms with E-state index in [9.17, 15) is 9.90 Å². The van der Waals surface area contributed by atoms with Crippen LogP contribution in [-0.4, -0.2) is 64.2 Å². The van der Waals surface area contributed by atoms with Gasteiger partial charge < -0.3 is 14.7 Å². The van der Waals surface area contributed by atoms with E-state index in [0.29, 0.717) is 36.8 Å². The van der Waals surface area contributed by atoms with Gasteiger partial charge in [-0.1, -0.05) is 15.9 Å². The first kappa shape index (κ1) is 23.7. The van der Waals surface area contributed by atoms with Crippen LogP contribution in [0, 0.1) is 6.57 Å². The van der Waals surface area contributed by atoms with E-state index in [2.05, 4.69) is 36.7 Å². The molecule has 1 amide bonds. The maximum absolute atomic E-state index is 13.5. The molecule has 0 radical (unpaired) electrons. The fourth-order valence-electron chi connectivity index (χ4n) is 4.56. The largest absolute Gasteiger partial charge is 0.505 e. The summed E-state index contributed by atoms with van der Waals surface area (Å²) in [5.74, 6) is 0.498. The lowest BCUT2D eigenvalue weighted by molar-refractivity contribution is -0.0510. The number of aromatic nitrogens is 1. The zero-order valence-electron chi connectivity index (χ0n) is 19.2. The summed E-state index contributed by atoms with van der Waals surface area (Å²) in [6, 6.07) is 5.86. The zero-order valence-corrected chi connectivity index (χ0v) is 20.8. The second-order valence-electron chi connectivity index (χ2n) is 8.70. The Labute approximate surface area is 203 Å². The molecule has 174 valence electrons. The molecule has 2 aliphatic rings. The number of hydrogen-bond donors (Lipinski definition) is 1. The molecular formula is C25H29BrN4O3. The van der Waals surface area contributed by atoms with Gasteiger partial charge in [-0.3, -0.25) is 14.7 Å². The van der Waals surface area contributed by atoms with E-state index in [1.165, 1.54) is 6.20 Å². The van der Waals surface area contributed by atoms with Crippen LogP contribution in [0.4, 0.5) is 5.69 Å². The Balaban J connectivity index is 1.54. The van der Waals surface area contributed by atoms with Crippen molar-refractivity contribution in [3.63, 3.8) is 0 Å². The summed E-state index contributed by atoms with van der Waals surface area (Å²) in [5.41, 5.74) is 3.97. The quantitative estimate of drug-likeness (QED) is 0.564. The molecule has 1 saturated heterocycles. The number of halogens is 1. The highest BCUT2D eigenvalue weighted by Gasteiger charge is 2.34. The van der Waals surface area contributed by atoms with Crippen LogP contribution >= 0.6 is 15.9 Å². The van der Waals surface area contributed by atoms with Crippen molar-refractivity contribution in [3.05, 3.63) is 62.7 Å². The van der Waals surface area contributed by atoms with Crippen LogP contribution in [0.25, 0.3) is 4.85 Å². The first-order valence-electron chi connectivity index (χ1n) is 11.4. The zero-order chi connectivity index (χ0) is 23.7. The molecule has 33 heavy (non-hydrogen) atoms. The minimum Gasteiger partial charge on any atom is -0.505 e. The summed E-state index contributed by atoms with van der Waals surface area (Å²) >= 11 is 3.68. The molecular weight excluding hydrogens is 484 g/mol. The van der Waals surface area contributed by atoms with E-state index in [-0.39, 0.29) is 24.1 Å². The average molecular weight is 513 g/mol. The number of fused-ring (bicyclic) bond motifs is 1. The van der Waals surface area contributed by atoms with Crippen LogP contribution in [0.1, 0.15) is 54.0 Å². The summed E-state index contributed by atoms with van der Waals surface area (Å²) in [4.78, 5) is 25.5. The van der Waals surface area contributed by atoms with Crippen LogP contribution in [0.3, 0.4) is 0 Å². The van der Waals surface area contributed by atoms with Crippen LogP contribution in [0.2, 0.25) is 0 Å². The fourth-order valence-corrected chi connectivity index (χ4v) is 5.27. The number of carbonyl (C=O) groups excluding carboxylic acids is 1. The predicted octanol–water partition coefficient (Wildman–Crippen LogP) is 4.16. The number of benzene rings is 1. The Morgan fingerprint density at radius 3 is 2.85 bits per heavy atom. The van der Waals surface area contributed by atoms with Gasteiger partial charge in [-0.25, -0.2) is 4.85 Å². The van der Waals surface area contributed by atoms with Crippen molar-refractivity contribution in [2.24, 2.45) is 0 Å². The molecule has 2 aromatic rings. The highest BCUT2D eigenvalue weighted by atomic mass is 79.9. The Hall–Kier alpha value is -2.47. The normalized spacial score (nSPS) is 21.2. The monoisotopic (exact) mass is 512 g/mol. The summed E-state index contributed by atoms with van der Waals surface area (Å²) in [5, 5.41) is 9.75. The number of rotatable bonds is 7. The average Bonchev–Trinajstić information content (AvgIpc) is 2.81. The summed E-state index contributed by atoms with van der Waals surface area (Å²) in [6.45, 7) is 15.8. The Bertz CT molecular complexity index is 1100. The van der Waals surface area contributed by atoms with Crippen LogP contribution in [-0.2, 0) is 12.8 Å². The maximum atomic E-state index is 13.5. The molecule has 0 spiro atoms. The van der Waals surface area contributed by atoms with Gasteiger partial charge in [0.2, 0.25) is 5.69 Å². The molecule has 0 saturated carbocycles. The van der Waals surface area contributed by atoms with Gasteiger partial charge in [0.15, 0.2) is 0 Å². The fraction of sp³-hybridized carbons (Fsp3) is 0.480. The minimum absolute atomic E-state index is 0.00643. The van der Waals surface area contributed by atoms with Crippen molar-refractivity contribution >= 4 is 27.5 Å². The van der Waals surface area contributed by atoms with E-state index in [1.807, 2.05) is 31.7 Å². The molecule has 1 unspecified atom stereocenters. The lowest BCUT2D eigenvalue weighted by Gasteiger charge is -2.43. The molecule has 8 heteroatoms. The van der Waals surface area contributed by atoms with Crippen molar-refractivity contribution in [3.8, 4) is 5.75 Å². The van der Waals surface area contributed by atoms with E-state index in [0.717, 1.165) is 40.5 Å². The van der Waals surface area contributed by atoms with Gasteiger partial charge in [0.25, 0.3) is 5.91 Å².